The molecule has 1 aromatic heterocycles. The zero-order valence-electron chi connectivity index (χ0n) is 9.94. The van der Waals surface area contributed by atoms with Crippen LogP contribution in [-0.4, -0.2) is 0 Å². The largest absolute Gasteiger partial charge is 0.320 e. The molecule has 3 rings (SSSR count). The minimum absolute atomic E-state index is 0.197. The van der Waals surface area contributed by atoms with E-state index in [1.807, 2.05) is 18.2 Å². The number of nitrogens with two attached hydrogens (primary N) is 1. The second-order valence-corrected chi connectivity index (χ2v) is 6.07. The molecule has 0 saturated carbocycles. The van der Waals surface area contributed by atoms with Crippen molar-refractivity contribution in [2.75, 3.05) is 0 Å². The first-order valence-electron chi connectivity index (χ1n) is 5.83. The number of hydrogen-bond donors (Lipinski definition) is 1. The summed E-state index contributed by atoms with van der Waals surface area (Å²) in [7, 11) is 0. The average Bonchev–Trinajstić information content (AvgIpc) is 2.89. The molecule has 0 amide bonds. The Morgan fingerprint density at radius 2 is 1.84 bits per heavy atom. The molecule has 3 aromatic rings. The Kier molecular flexibility index (Phi) is 3.50. The predicted octanol–water partition coefficient (Wildman–Crippen LogP) is 5.26. The van der Waals surface area contributed by atoms with Crippen LogP contribution in [0.3, 0.4) is 0 Å². The van der Waals surface area contributed by atoms with Crippen molar-refractivity contribution in [2.24, 2.45) is 5.73 Å². The first-order chi connectivity index (χ1) is 9.16. The van der Waals surface area contributed by atoms with Gasteiger partial charge in [-0.3, -0.25) is 0 Å². The highest BCUT2D eigenvalue weighted by atomic mass is 35.5. The fraction of sp³-hybridized carbons (Fsp3) is 0.0667. The van der Waals surface area contributed by atoms with E-state index in [2.05, 4.69) is 23.6 Å². The van der Waals surface area contributed by atoms with E-state index >= 15 is 0 Å². The van der Waals surface area contributed by atoms with Crippen LogP contribution in [0.25, 0.3) is 10.1 Å². The fourth-order valence-electron chi connectivity index (χ4n) is 2.15. The summed E-state index contributed by atoms with van der Waals surface area (Å²) < 4.78 is 1.22. The van der Waals surface area contributed by atoms with E-state index in [1.165, 1.54) is 10.1 Å². The summed E-state index contributed by atoms with van der Waals surface area (Å²) in [5, 5.41) is 4.38. The zero-order valence-corrected chi connectivity index (χ0v) is 12.3. The maximum atomic E-state index is 6.37. The van der Waals surface area contributed by atoms with Crippen LogP contribution in [0.1, 0.15) is 17.2 Å². The van der Waals surface area contributed by atoms with Crippen LogP contribution in [0.15, 0.2) is 47.8 Å². The maximum Gasteiger partial charge on any atom is 0.0595 e. The quantitative estimate of drug-likeness (QED) is 0.687. The summed E-state index contributed by atoms with van der Waals surface area (Å²) in [6.07, 6.45) is 0. The van der Waals surface area contributed by atoms with Gasteiger partial charge in [-0.25, -0.2) is 0 Å². The van der Waals surface area contributed by atoms with Crippen LogP contribution in [-0.2, 0) is 0 Å². The monoisotopic (exact) mass is 307 g/mol. The number of halogens is 2. The van der Waals surface area contributed by atoms with E-state index in [0.29, 0.717) is 10.0 Å². The average molecular weight is 308 g/mol. The topological polar surface area (TPSA) is 26.0 Å². The predicted molar refractivity (Wildman–Crippen MR) is 84.3 cm³/mol. The molecule has 0 aliphatic rings. The van der Waals surface area contributed by atoms with Crippen molar-refractivity contribution in [3.05, 3.63) is 69.0 Å². The fourth-order valence-corrected chi connectivity index (χ4v) is 3.41. The van der Waals surface area contributed by atoms with E-state index in [0.717, 1.165) is 11.1 Å². The number of thiophene rings is 1. The Hall–Kier alpha value is -1.06. The smallest absolute Gasteiger partial charge is 0.0595 e. The molecule has 1 heterocycles. The van der Waals surface area contributed by atoms with E-state index in [9.17, 15) is 0 Å². The highest BCUT2D eigenvalue weighted by Gasteiger charge is 2.14. The molecule has 1 atom stereocenters. The molecule has 0 bridgehead atoms. The first kappa shape index (κ1) is 12.9. The molecule has 0 fully saturated rings. The van der Waals surface area contributed by atoms with Gasteiger partial charge in [-0.1, -0.05) is 47.5 Å². The molecule has 1 nitrogen and oxygen atoms in total. The molecule has 0 radical (unpaired) electrons. The molecular formula is C15H11Cl2NS. The maximum absolute atomic E-state index is 6.37. The second-order valence-electron chi connectivity index (χ2n) is 4.34. The van der Waals surface area contributed by atoms with Gasteiger partial charge < -0.3 is 5.73 Å². The lowest BCUT2D eigenvalue weighted by Crippen LogP contribution is -2.11. The van der Waals surface area contributed by atoms with Gasteiger partial charge in [0.2, 0.25) is 0 Å². The Bertz CT molecular complexity index is 736. The van der Waals surface area contributed by atoms with Gasteiger partial charge >= 0.3 is 0 Å². The summed E-state index contributed by atoms with van der Waals surface area (Å²) >= 11 is 13.7. The molecule has 0 spiro atoms. The lowest BCUT2D eigenvalue weighted by Gasteiger charge is -2.14. The Morgan fingerprint density at radius 1 is 1.00 bits per heavy atom. The minimum Gasteiger partial charge on any atom is -0.320 e. The molecular weight excluding hydrogens is 297 g/mol. The molecule has 1 unspecified atom stereocenters. The molecule has 2 aromatic carbocycles. The van der Waals surface area contributed by atoms with Crippen molar-refractivity contribution in [3.8, 4) is 0 Å². The van der Waals surface area contributed by atoms with Crippen LogP contribution in [0, 0.1) is 0 Å². The molecule has 0 aliphatic carbocycles. The molecule has 0 aliphatic heterocycles. The molecule has 19 heavy (non-hydrogen) atoms. The summed E-state index contributed by atoms with van der Waals surface area (Å²) in [5.41, 5.74) is 8.45. The van der Waals surface area contributed by atoms with Crippen LogP contribution in [0.4, 0.5) is 0 Å². The molecule has 2 N–H and O–H groups in total. The Balaban J connectivity index is 2.10. The third kappa shape index (κ3) is 2.37. The van der Waals surface area contributed by atoms with Gasteiger partial charge in [0.1, 0.15) is 0 Å². The summed E-state index contributed by atoms with van der Waals surface area (Å²) in [6.45, 7) is 0. The van der Waals surface area contributed by atoms with Crippen molar-refractivity contribution in [1.82, 2.24) is 0 Å². The number of hydrogen-bond acceptors (Lipinski definition) is 2. The molecule has 0 saturated heterocycles. The van der Waals surface area contributed by atoms with E-state index in [4.69, 9.17) is 28.9 Å². The van der Waals surface area contributed by atoms with Gasteiger partial charge in [0.15, 0.2) is 0 Å². The van der Waals surface area contributed by atoms with Crippen molar-refractivity contribution in [3.63, 3.8) is 0 Å². The minimum atomic E-state index is -0.197. The first-order valence-corrected chi connectivity index (χ1v) is 7.47. The van der Waals surface area contributed by atoms with Crippen molar-refractivity contribution < 1.29 is 0 Å². The summed E-state index contributed by atoms with van der Waals surface area (Å²) in [5.74, 6) is 0. The van der Waals surface area contributed by atoms with Gasteiger partial charge in [0, 0.05) is 4.70 Å². The van der Waals surface area contributed by atoms with E-state index in [1.54, 1.807) is 17.4 Å². The number of rotatable bonds is 2. The second kappa shape index (κ2) is 5.14. The lowest BCUT2D eigenvalue weighted by molar-refractivity contribution is 0.882. The molecule has 4 heteroatoms. The normalized spacial score (nSPS) is 12.8. The summed E-state index contributed by atoms with van der Waals surface area (Å²) in [4.78, 5) is 0. The van der Waals surface area contributed by atoms with Gasteiger partial charge in [-0.15, -0.1) is 11.3 Å². The van der Waals surface area contributed by atoms with Crippen LogP contribution >= 0.6 is 34.5 Å². The van der Waals surface area contributed by atoms with Gasteiger partial charge in [0.25, 0.3) is 0 Å². The third-order valence-corrected chi connectivity index (χ3v) is 4.87. The SMILES string of the molecule is NC(c1ccc(Cl)c(Cl)c1)c1cccc2ccsc12. The highest BCUT2D eigenvalue weighted by Crippen LogP contribution is 2.33. The van der Waals surface area contributed by atoms with Crippen molar-refractivity contribution >= 4 is 44.6 Å². The van der Waals surface area contributed by atoms with Gasteiger partial charge in [-0.05, 0) is 40.1 Å². The van der Waals surface area contributed by atoms with Gasteiger partial charge in [-0.2, -0.15) is 0 Å². The van der Waals surface area contributed by atoms with Gasteiger partial charge in [0.05, 0.1) is 16.1 Å². The van der Waals surface area contributed by atoms with Crippen molar-refractivity contribution in [2.45, 2.75) is 6.04 Å². The number of fused-ring (bicyclic) bond motifs is 1. The third-order valence-electron chi connectivity index (χ3n) is 3.15. The Morgan fingerprint density at radius 3 is 2.63 bits per heavy atom. The lowest BCUT2D eigenvalue weighted by atomic mass is 9.99. The zero-order chi connectivity index (χ0) is 13.4. The van der Waals surface area contributed by atoms with E-state index in [-0.39, 0.29) is 6.04 Å². The Labute approximate surface area is 125 Å². The van der Waals surface area contributed by atoms with Crippen LogP contribution < -0.4 is 5.73 Å². The van der Waals surface area contributed by atoms with Crippen LogP contribution in [0.5, 0.6) is 0 Å². The van der Waals surface area contributed by atoms with E-state index < -0.39 is 0 Å². The molecule has 96 valence electrons. The van der Waals surface area contributed by atoms with Crippen molar-refractivity contribution in [1.29, 1.82) is 0 Å². The number of benzene rings is 2. The summed E-state index contributed by atoms with van der Waals surface area (Å²) in [6, 6.07) is 13.6. The standard InChI is InChI=1S/C15H11Cl2NS/c16-12-5-4-10(8-13(12)17)14(18)11-3-1-2-9-6-7-19-15(9)11/h1-8,14H,18H2. The highest BCUT2D eigenvalue weighted by molar-refractivity contribution is 7.17. The van der Waals surface area contributed by atoms with Crippen LogP contribution in [0.2, 0.25) is 10.0 Å².